The van der Waals surface area contributed by atoms with E-state index in [4.69, 9.17) is 0 Å². The normalized spacial score (nSPS) is 18.6. The molecule has 1 aromatic carbocycles. The highest BCUT2D eigenvalue weighted by molar-refractivity contribution is 5.27. The van der Waals surface area contributed by atoms with Crippen molar-refractivity contribution in [3.05, 3.63) is 65.4 Å². The zero-order valence-corrected chi connectivity index (χ0v) is 15.6. The van der Waals surface area contributed by atoms with Crippen LogP contribution in [0, 0.1) is 11.6 Å². The summed E-state index contributed by atoms with van der Waals surface area (Å²) in [5.74, 6) is -1.44. The van der Waals surface area contributed by atoms with Crippen molar-refractivity contribution in [1.29, 1.82) is 0 Å². The monoisotopic (exact) mass is 374 g/mol. The summed E-state index contributed by atoms with van der Waals surface area (Å²) in [6, 6.07) is 2.87. The summed E-state index contributed by atoms with van der Waals surface area (Å²) in [5, 5.41) is 15.6. The number of halogens is 2. The third-order valence-corrected chi connectivity index (χ3v) is 5.26. The summed E-state index contributed by atoms with van der Waals surface area (Å²) in [6.07, 6.45) is 6.44. The average Bonchev–Trinajstić information content (AvgIpc) is 3.14. The molecule has 2 aromatic rings. The molecule has 1 N–H and O–H groups in total. The maximum Gasteiger partial charge on any atom is 0.137 e. The summed E-state index contributed by atoms with van der Waals surface area (Å²) in [5.41, 5.74) is 2.96. The van der Waals surface area contributed by atoms with E-state index >= 15 is 0 Å². The minimum absolute atomic E-state index is 0.0186. The molecule has 27 heavy (non-hydrogen) atoms. The van der Waals surface area contributed by atoms with Gasteiger partial charge in [0.05, 0.1) is 6.54 Å². The lowest BCUT2D eigenvalue weighted by atomic mass is 9.84. The second-order valence-corrected chi connectivity index (χ2v) is 6.89. The summed E-state index contributed by atoms with van der Waals surface area (Å²) < 4.78 is 29.5. The minimum Gasteiger partial charge on any atom is -0.381 e. The van der Waals surface area contributed by atoms with Gasteiger partial charge in [-0.1, -0.05) is 6.07 Å². The van der Waals surface area contributed by atoms with Crippen LogP contribution in [0.15, 0.2) is 48.2 Å². The van der Waals surface area contributed by atoms with Gasteiger partial charge in [0.2, 0.25) is 0 Å². The van der Waals surface area contributed by atoms with Gasteiger partial charge in [-0.3, -0.25) is 4.90 Å². The van der Waals surface area contributed by atoms with E-state index in [0.29, 0.717) is 0 Å². The molecule has 0 bridgehead atoms. The molecule has 3 rings (SSSR count). The Morgan fingerprint density at radius 2 is 2.07 bits per heavy atom. The Balaban J connectivity index is 1.93. The van der Waals surface area contributed by atoms with Crippen LogP contribution in [0.3, 0.4) is 0 Å². The first kappa shape index (κ1) is 19.4. The molecule has 0 spiro atoms. The van der Waals surface area contributed by atoms with Crippen molar-refractivity contribution in [1.82, 2.24) is 19.7 Å². The highest BCUT2D eigenvalue weighted by Crippen LogP contribution is 2.34. The predicted molar refractivity (Wildman–Crippen MR) is 97.8 cm³/mol. The lowest BCUT2D eigenvalue weighted by molar-refractivity contribution is -0.0657. The topological polar surface area (TPSA) is 54.2 Å². The third kappa shape index (κ3) is 4.16. The summed E-state index contributed by atoms with van der Waals surface area (Å²) in [4.78, 5) is 6.02. The molecule has 144 valence electrons. The Bertz CT molecular complexity index is 836. The second kappa shape index (κ2) is 8.13. The highest BCUT2D eigenvalue weighted by atomic mass is 19.1. The molecular formula is C20H24F2N4O. The number of hydrogen-bond acceptors (Lipinski definition) is 4. The van der Waals surface area contributed by atoms with Crippen LogP contribution < -0.4 is 0 Å². The summed E-state index contributed by atoms with van der Waals surface area (Å²) in [6.45, 7) is 5.30. The first-order valence-electron chi connectivity index (χ1n) is 9.07. The van der Waals surface area contributed by atoms with Gasteiger partial charge < -0.3 is 5.11 Å². The van der Waals surface area contributed by atoms with E-state index in [1.54, 1.807) is 0 Å². The molecule has 5 nitrogen and oxygen atoms in total. The van der Waals surface area contributed by atoms with Gasteiger partial charge >= 0.3 is 0 Å². The van der Waals surface area contributed by atoms with Crippen molar-refractivity contribution in [2.24, 2.45) is 0 Å². The van der Waals surface area contributed by atoms with Crippen LogP contribution >= 0.6 is 0 Å². The molecule has 2 heterocycles. The lowest BCUT2D eigenvalue weighted by Crippen LogP contribution is -2.53. The van der Waals surface area contributed by atoms with Crippen molar-refractivity contribution in [2.45, 2.75) is 44.9 Å². The fraction of sp³-hybridized carbons (Fsp3) is 0.450. The van der Waals surface area contributed by atoms with E-state index in [-0.39, 0.29) is 12.1 Å². The average molecular weight is 374 g/mol. The van der Waals surface area contributed by atoms with Gasteiger partial charge in [0, 0.05) is 30.8 Å². The molecule has 7 heteroatoms. The minimum atomic E-state index is -1.59. The van der Waals surface area contributed by atoms with E-state index in [0.717, 1.165) is 32.0 Å². The van der Waals surface area contributed by atoms with Crippen molar-refractivity contribution in [2.75, 3.05) is 13.1 Å². The Labute approximate surface area is 157 Å². The van der Waals surface area contributed by atoms with Crippen LogP contribution in [-0.4, -0.2) is 43.9 Å². The predicted octanol–water partition coefficient (Wildman–Crippen LogP) is 3.03. The van der Waals surface area contributed by atoms with Crippen molar-refractivity contribution in [3.8, 4) is 0 Å². The van der Waals surface area contributed by atoms with Gasteiger partial charge in [-0.25, -0.2) is 18.4 Å². The van der Waals surface area contributed by atoms with E-state index < -0.39 is 23.3 Å². The molecule has 1 aromatic heterocycles. The van der Waals surface area contributed by atoms with Gasteiger partial charge in [0.25, 0.3) is 0 Å². The number of aromatic nitrogens is 3. The van der Waals surface area contributed by atoms with Crippen molar-refractivity contribution >= 4 is 0 Å². The summed E-state index contributed by atoms with van der Waals surface area (Å²) in [7, 11) is 0. The first-order chi connectivity index (χ1) is 12.9. The quantitative estimate of drug-likeness (QED) is 0.818. The Hall–Kier alpha value is -2.34. The van der Waals surface area contributed by atoms with Gasteiger partial charge in [0.1, 0.15) is 29.9 Å². The number of piperidine rings is 1. The molecule has 0 saturated carbocycles. The Morgan fingerprint density at radius 3 is 2.67 bits per heavy atom. The number of aliphatic hydroxyl groups is 1. The fourth-order valence-corrected chi connectivity index (χ4v) is 3.68. The van der Waals surface area contributed by atoms with Crippen molar-refractivity contribution in [3.63, 3.8) is 0 Å². The van der Waals surface area contributed by atoms with E-state index in [1.807, 2.05) is 19.9 Å². The fourth-order valence-electron chi connectivity index (χ4n) is 3.68. The molecule has 0 aliphatic carbocycles. The largest absolute Gasteiger partial charge is 0.381 e. The molecule has 1 fully saturated rings. The highest BCUT2D eigenvalue weighted by Gasteiger charge is 2.42. The Morgan fingerprint density at radius 1 is 1.33 bits per heavy atom. The molecule has 0 amide bonds. The third-order valence-electron chi connectivity index (χ3n) is 5.26. The van der Waals surface area contributed by atoms with E-state index in [2.05, 4.69) is 20.7 Å². The zero-order valence-electron chi connectivity index (χ0n) is 15.6. The van der Waals surface area contributed by atoms with Gasteiger partial charge in [-0.2, -0.15) is 5.10 Å². The molecule has 2 atom stereocenters. The standard InChI is InChI=1S/C20H24F2N4O/c1-3-4-16-7-9-25(10-8-16)15(2)20(27,12-26-14-23-13-24-26)18-6-5-17(21)11-19(18)22/h3,5-6,11,13-15,27H,7-10,12H2,1-2H3/t15-,20-/m0/s1. The van der Waals surface area contributed by atoms with Crippen LogP contribution in [0.2, 0.25) is 0 Å². The zero-order chi connectivity index (χ0) is 19.4. The van der Waals surface area contributed by atoms with Gasteiger partial charge in [-0.05, 0) is 44.4 Å². The van der Waals surface area contributed by atoms with Crippen LogP contribution in [-0.2, 0) is 12.1 Å². The molecule has 1 aliphatic rings. The molecule has 1 saturated heterocycles. The van der Waals surface area contributed by atoms with Crippen LogP contribution in [0.1, 0.15) is 32.3 Å². The van der Waals surface area contributed by atoms with E-state index in [1.165, 1.54) is 35.0 Å². The maximum absolute atomic E-state index is 14.6. The van der Waals surface area contributed by atoms with Gasteiger partial charge in [0.15, 0.2) is 0 Å². The lowest BCUT2D eigenvalue weighted by Gasteiger charge is -2.43. The first-order valence-corrected chi connectivity index (χ1v) is 9.07. The van der Waals surface area contributed by atoms with Gasteiger partial charge in [-0.15, -0.1) is 5.73 Å². The molecule has 0 radical (unpaired) electrons. The number of hydrogen-bond donors (Lipinski definition) is 1. The Kier molecular flexibility index (Phi) is 5.85. The number of likely N-dealkylation sites (tertiary alicyclic amines) is 1. The number of rotatable bonds is 5. The number of benzene rings is 1. The molecule has 0 unspecified atom stereocenters. The maximum atomic E-state index is 14.6. The van der Waals surface area contributed by atoms with Crippen LogP contribution in [0.4, 0.5) is 8.78 Å². The SMILES string of the molecule is CC=C=C1CCN([C@@H](C)[C@@](O)(Cn2cncn2)c2ccc(F)cc2F)CC1. The second-order valence-electron chi connectivity index (χ2n) is 6.89. The van der Waals surface area contributed by atoms with Crippen LogP contribution in [0.25, 0.3) is 0 Å². The summed E-state index contributed by atoms with van der Waals surface area (Å²) >= 11 is 0. The molecular weight excluding hydrogens is 350 g/mol. The smallest absolute Gasteiger partial charge is 0.137 e. The number of nitrogens with zero attached hydrogens (tertiary/aromatic N) is 4. The van der Waals surface area contributed by atoms with Crippen LogP contribution in [0.5, 0.6) is 0 Å². The van der Waals surface area contributed by atoms with E-state index in [9.17, 15) is 13.9 Å². The molecule has 1 aliphatic heterocycles. The van der Waals surface area contributed by atoms with Crippen molar-refractivity contribution < 1.29 is 13.9 Å².